The third kappa shape index (κ3) is 6.25. The summed E-state index contributed by atoms with van der Waals surface area (Å²) in [4.78, 5) is 37.8. The fraction of sp³-hybridized carbons (Fsp3) is 0.381. The summed E-state index contributed by atoms with van der Waals surface area (Å²) in [7, 11) is 0. The molecule has 1 aliphatic rings. The lowest BCUT2D eigenvalue weighted by Gasteiger charge is -2.15. The van der Waals surface area contributed by atoms with Gasteiger partial charge in [-0.3, -0.25) is 14.5 Å². The number of benzene rings is 1. The second-order valence-electron chi connectivity index (χ2n) is 6.98. The van der Waals surface area contributed by atoms with Crippen LogP contribution in [0.15, 0.2) is 30.3 Å². The highest BCUT2D eigenvalue weighted by atomic mass is 35.5. The molecule has 0 radical (unpaired) electrons. The van der Waals surface area contributed by atoms with Crippen molar-refractivity contribution in [2.45, 2.75) is 25.9 Å². The van der Waals surface area contributed by atoms with E-state index >= 15 is 0 Å². The van der Waals surface area contributed by atoms with Crippen LogP contribution >= 0.6 is 22.9 Å². The fourth-order valence-corrected chi connectivity index (χ4v) is 4.00. The number of cyclic esters (lactones) is 1. The Morgan fingerprint density at radius 3 is 2.84 bits per heavy atom. The van der Waals surface area contributed by atoms with Gasteiger partial charge in [0, 0.05) is 13.0 Å². The van der Waals surface area contributed by atoms with E-state index in [1.54, 1.807) is 18.2 Å². The molecule has 1 fully saturated rings. The van der Waals surface area contributed by atoms with Gasteiger partial charge in [-0.15, -0.1) is 11.3 Å². The highest BCUT2D eigenvalue weighted by Crippen LogP contribution is 2.26. The number of Topliss-reactive ketones (excluding diaryl/α,β-unsaturated/α-hetero) is 1. The third-order valence-electron chi connectivity index (χ3n) is 4.48. The van der Waals surface area contributed by atoms with Gasteiger partial charge < -0.3 is 14.8 Å². The summed E-state index contributed by atoms with van der Waals surface area (Å²) in [5.74, 6) is -1.10. The first kappa shape index (κ1) is 23.2. The molecule has 7 nitrogen and oxygen atoms in total. The van der Waals surface area contributed by atoms with E-state index in [2.05, 4.69) is 5.32 Å². The number of thiophene rings is 1. The lowest BCUT2D eigenvalue weighted by molar-refractivity contribution is -0.122. The summed E-state index contributed by atoms with van der Waals surface area (Å²) in [6, 6.07) is 7.50. The minimum absolute atomic E-state index is 0.0132. The van der Waals surface area contributed by atoms with E-state index in [0.29, 0.717) is 21.4 Å². The van der Waals surface area contributed by atoms with E-state index in [1.165, 1.54) is 17.0 Å². The number of ketones is 1. The van der Waals surface area contributed by atoms with E-state index in [0.717, 1.165) is 17.8 Å². The van der Waals surface area contributed by atoms with Crippen LogP contribution in [0.5, 0.6) is 0 Å². The molecule has 2 heterocycles. The summed E-state index contributed by atoms with van der Waals surface area (Å²) in [6.07, 6.45) is -0.458. The van der Waals surface area contributed by atoms with Crippen LogP contribution in [0, 0.1) is 5.82 Å². The summed E-state index contributed by atoms with van der Waals surface area (Å²) < 4.78 is 25.6. The number of carbonyl (C=O) groups is 3. The molecule has 1 N–H and O–H groups in total. The second-order valence-corrected chi connectivity index (χ2v) is 8.70. The average molecular weight is 469 g/mol. The van der Waals surface area contributed by atoms with Crippen molar-refractivity contribution in [3.05, 3.63) is 50.9 Å². The first-order valence-electron chi connectivity index (χ1n) is 9.77. The highest BCUT2D eigenvalue weighted by molar-refractivity contribution is 7.18. The Bertz CT molecular complexity index is 967. The van der Waals surface area contributed by atoms with Gasteiger partial charge in [0.2, 0.25) is 0 Å². The maximum Gasteiger partial charge on any atom is 0.414 e. The van der Waals surface area contributed by atoms with Gasteiger partial charge in [0.05, 0.1) is 28.0 Å². The quantitative estimate of drug-likeness (QED) is 0.535. The number of ether oxygens (including phenoxy) is 2. The van der Waals surface area contributed by atoms with Gasteiger partial charge in [-0.2, -0.15) is 0 Å². The number of hydrogen-bond acceptors (Lipinski definition) is 6. The minimum atomic E-state index is -0.700. The molecule has 0 unspecified atom stereocenters. The number of amides is 2. The molecular weight excluding hydrogens is 447 g/mol. The minimum Gasteiger partial charge on any atom is -0.442 e. The normalized spacial score (nSPS) is 15.8. The van der Waals surface area contributed by atoms with Crippen LogP contribution in [0.25, 0.3) is 0 Å². The predicted molar refractivity (Wildman–Crippen MR) is 115 cm³/mol. The third-order valence-corrected chi connectivity index (χ3v) is 5.71. The van der Waals surface area contributed by atoms with E-state index in [-0.39, 0.29) is 43.5 Å². The van der Waals surface area contributed by atoms with Crippen molar-refractivity contribution in [3.8, 4) is 0 Å². The largest absolute Gasteiger partial charge is 0.442 e. The number of nitrogens with one attached hydrogen (secondary N) is 1. The molecule has 0 aliphatic carbocycles. The van der Waals surface area contributed by atoms with Gasteiger partial charge in [-0.1, -0.05) is 24.6 Å². The fourth-order valence-electron chi connectivity index (χ4n) is 3.04. The zero-order valence-electron chi connectivity index (χ0n) is 16.9. The Balaban J connectivity index is 1.55. The molecule has 0 saturated carbocycles. The maximum absolute atomic E-state index is 14.6. The van der Waals surface area contributed by atoms with E-state index < -0.39 is 18.0 Å². The molecule has 2 aromatic rings. The monoisotopic (exact) mass is 468 g/mol. The summed E-state index contributed by atoms with van der Waals surface area (Å²) in [5.41, 5.74) is 0.555. The van der Waals surface area contributed by atoms with E-state index in [9.17, 15) is 18.8 Å². The van der Waals surface area contributed by atoms with Crippen LogP contribution in [0.3, 0.4) is 0 Å². The van der Waals surface area contributed by atoms with Gasteiger partial charge in [0.1, 0.15) is 18.5 Å². The second kappa shape index (κ2) is 10.7. The lowest BCUT2D eigenvalue weighted by Crippen LogP contribution is -2.34. The molecule has 1 aromatic carbocycles. The van der Waals surface area contributed by atoms with Crippen molar-refractivity contribution in [2.75, 3.05) is 31.2 Å². The molecule has 1 atom stereocenters. The zero-order chi connectivity index (χ0) is 22.4. The molecule has 1 aliphatic heterocycles. The van der Waals surface area contributed by atoms with E-state index in [4.69, 9.17) is 21.1 Å². The van der Waals surface area contributed by atoms with Crippen LogP contribution in [0.2, 0.25) is 4.34 Å². The molecule has 31 heavy (non-hydrogen) atoms. The summed E-state index contributed by atoms with van der Waals surface area (Å²) >= 11 is 6.96. The molecule has 166 valence electrons. The Kier molecular flexibility index (Phi) is 8.00. The Morgan fingerprint density at radius 2 is 2.16 bits per heavy atom. The summed E-state index contributed by atoms with van der Waals surface area (Å²) in [6.45, 7) is 2.60. The first-order valence-corrected chi connectivity index (χ1v) is 11.0. The van der Waals surface area contributed by atoms with Crippen molar-refractivity contribution in [1.82, 2.24) is 5.32 Å². The molecule has 1 saturated heterocycles. The average Bonchev–Trinajstić information content (AvgIpc) is 3.32. The van der Waals surface area contributed by atoms with E-state index in [1.807, 2.05) is 6.92 Å². The first-order chi connectivity index (χ1) is 14.9. The molecule has 0 spiro atoms. The molecule has 3 rings (SSSR count). The molecular formula is C21H22ClFN2O5S. The van der Waals surface area contributed by atoms with Crippen molar-refractivity contribution >= 4 is 46.4 Å². The van der Waals surface area contributed by atoms with Crippen molar-refractivity contribution in [3.63, 3.8) is 0 Å². The summed E-state index contributed by atoms with van der Waals surface area (Å²) in [5, 5.41) is 2.68. The zero-order valence-corrected chi connectivity index (χ0v) is 18.4. The Labute approximate surface area is 188 Å². The Morgan fingerprint density at radius 1 is 1.35 bits per heavy atom. The maximum atomic E-state index is 14.6. The smallest absolute Gasteiger partial charge is 0.414 e. The van der Waals surface area contributed by atoms with Crippen molar-refractivity contribution in [1.29, 1.82) is 0 Å². The highest BCUT2D eigenvalue weighted by Gasteiger charge is 2.34. The van der Waals surface area contributed by atoms with Gasteiger partial charge in [0.15, 0.2) is 5.78 Å². The number of nitrogens with zero attached hydrogens (tertiary/aromatic N) is 1. The lowest BCUT2D eigenvalue weighted by atomic mass is 10.1. The van der Waals surface area contributed by atoms with Crippen molar-refractivity contribution < 1.29 is 28.2 Å². The van der Waals surface area contributed by atoms with Crippen LogP contribution in [-0.4, -0.2) is 50.2 Å². The topological polar surface area (TPSA) is 84.9 Å². The number of anilines is 1. The number of halogens is 2. The number of carbonyl (C=O) groups excluding carboxylic acids is 3. The van der Waals surface area contributed by atoms with Crippen LogP contribution in [0.4, 0.5) is 14.9 Å². The molecule has 0 bridgehead atoms. The van der Waals surface area contributed by atoms with Gasteiger partial charge >= 0.3 is 6.09 Å². The molecule has 10 heteroatoms. The standard InChI is InChI=1S/C21H22ClFN2O5S/c1-2-7-29-12-14(26)8-13-3-4-17(16(23)9-13)25-11-15(30-21(25)28)10-24-20(27)18-5-6-19(22)31-18/h3-6,9,15H,2,7-8,10-12H2,1H3,(H,24,27)/t15-/m0/s1. The Hall–Kier alpha value is -2.49. The molecule has 2 amide bonds. The number of hydrogen-bond donors (Lipinski definition) is 1. The predicted octanol–water partition coefficient (Wildman–Crippen LogP) is 3.83. The number of rotatable bonds is 10. The SMILES string of the molecule is CCCOCC(=O)Cc1ccc(N2C[C@H](CNC(=O)c3ccc(Cl)s3)OC2=O)c(F)c1. The van der Waals surface area contributed by atoms with Gasteiger partial charge in [0.25, 0.3) is 5.91 Å². The van der Waals surface area contributed by atoms with Crippen LogP contribution in [0.1, 0.15) is 28.6 Å². The van der Waals surface area contributed by atoms with Crippen LogP contribution < -0.4 is 10.2 Å². The van der Waals surface area contributed by atoms with Crippen molar-refractivity contribution in [2.24, 2.45) is 0 Å². The molecule has 1 aromatic heterocycles. The van der Waals surface area contributed by atoms with Gasteiger partial charge in [-0.25, -0.2) is 9.18 Å². The van der Waals surface area contributed by atoms with Gasteiger partial charge in [-0.05, 0) is 36.2 Å². The van der Waals surface area contributed by atoms with Crippen LogP contribution in [-0.2, 0) is 20.7 Å².